The van der Waals surface area contributed by atoms with Crippen LogP contribution >= 0.6 is 0 Å². The minimum absolute atomic E-state index is 0.0114. The van der Waals surface area contributed by atoms with Crippen LogP contribution in [0.4, 0.5) is 8.78 Å². The van der Waals surface area contributed by atoms with Crippen molar-refractivity contribution in [2.75, 3.05) is 19.7 Å². The number of hydrogen-bond donors (Lipinski definition) is 1. The van der Waals surface area contributed by atoms with Crippen molar-refractivity contribution in [3.63, 3.8) is 0 Å². The first-order chi connectivity index (χ1) is 11.7. The molecule has 2 aliphatic heterocycles. The van der Waals surface area contributed by atoms with Gasteiger partial charge in [-0.1, -0.05) is 0 Å². The molecule has 0 aromatic carbocycles. The molecule has 2 heterocycles. The van der Waals surface area contributed by atoms with Crippen molar-refractivity contribution >= 4 is 11.8 Å². The van der Waals surface area contributed by atoms with Gasteiger partial charge >= 0.3 is 0 Å². The highest BCUT2D eigenvalue weighted by Crippen LogP contribution is 2.45. The van der Waals surface area contributed by atoms with E-state index in [0.717, 1.165) is 0 Å². The van der Waals surface area contributed by atoms with Crippen molar-refractivity contribution in [2.45, 2.75) is 69.9 Å². The van der Waals surface area contributed by atoms with Gasteiger partial charge in [-0.3, -0.25) is 9.59 Å². The summed E-state index contributed by atoms with van der Waals surface area (Å²) in [5.41, 5.74) is -0.667. The van der Waals surface area contributed by atoms with Gasteiger partial charge in [0.15, 0.2) is 0 Å². The number of fused-ring (bicyclic) bond motifs is 1. The maximum Gasteiger partial charge on any atom is 0.248 e. The maximum absolute atomic E-state index is 13.4. The van der Waals surface area contributed by atoms with Gasteiger partial charge in [-0.15, -0.1) is 0 Å². The van der Waals surface area contributed by atoms with E-state index in [1.165, 1.54) is 0 Å². The summed E-state index contributed by atoms with van der Waals surface area (Å²) in [5.74, 6) is -2.95. The van der Waals surface area contributed by atoms with E-state index < -0.39 is 11.5 Å². The Hall–Kier alpha value is -1.24. The van der Waals surface area contributed by atoms with Gasteiger partial charge in [-0.2, -0.15) is 0 Å². The van der Waals surface area contributed by atoms with Crippen LogP contribution in [0.15, 0.2) is 0 Å². The molecule has 1 saturated carbocycles. The molecule has 25 heavy (non-hydrogen) atoms. The number of aliphatic hydroxyl groups is 1. The number of halogens is 2. The zero-order chi connectivity index (χ0) is 18.4. The first-order valence-corrected chi connectivity index (χ1v) is 9.24. The van der Waals surface area contributed by atoms with Crippen molar-refractivity contribution in [3.8, 4) is 0 Å². The molecule has 3 atom stereocenters. The zero-order valence-electron chi connectivity index (χ0n) is 15.0. The monoisotopic (exact) mass is 358 g/mol. The molecule has 5 nitrogen and oxygen atoms in total. The standard InChI is InChI=1S/C18H28F2N2O3/c1-12(24)21-8-5-15-14(10-21)9-17(2,11-23)22(15)16(25)13-3-6-18(19,20)7-4-13/h13-15,23H,3-11H2,1-2H3/t14-,15-,17+/m0/s1. The fourth-order valence-electron chi connectivity index (χ4n) is 4.96. The second-order valence-electron chi connectivity index (χ2n) is 8.28. The van der Waals surface area contributed by atoms with Crippen LogP contribution in [0.5, 0.6) is 0 Å². The summed E-state index contributed by atoms with van der Waals surface area (Å²) < 4.78 is 26.8. The normalized spacial score (nSPS) is 35.6. The molecule has 3 rings (SSSR count). The van der Waals surface area contributed by atoms with Crippen LogP contribution in [0.3, 0.4) is 0 Å². The lowest BCUT2D eigenvalue weighted by molar-refractivity contribution is -0.148. The predicted molar refractivity (Wildman–Crippen MR) is 88.0 cm³/mol. The molecule has 1 aliphatic carbocycles. The maximum atomic E-state index is 13.4. The van der Waals surface area contributed by atoms with Crippen molar-refractivity contribution < 1.29 is 23.5 Å². The molecule has 0 aromatic rings. The Morgan fingerprint density at radius 3 is 2.40 bits per heavy atom. The second-order valence-corrected chi connectivity index (χ2v) is 8.28. The Balaban J connectivity index is 1.77. The van der Waals surface area contributed by atoms with Gasteiger partial charge in [0.25, 0.3) is 0 Å². The van der Waals surface area contributed by atoms with Gasteiger partial charge in [0, 0.05) is 44.8 Å². The highest BCUT2D eigenvalue weighted by Gasteiger charge is 2.54. The minimum atomic E-state index is -2.66. The molecule has 3 fully saturated rings. The minimum Gasteiger partial charge on any atom is -0.394 e. The van der Waals surface area contributed by atoms with Gasteiger partial charge in [0.2, 0.25) is 17.7 Å². The topological polar surface area (TPSA) is 60.9 Å². The number of rotatable bonds is 2. The Morgan fingerprint density at radius 1 is 1.20 bits per heavy atom. The molecule has 3 aliphatic rings. The van der Waals surface area contributed by atoms with Crippen LogP contribution < -0.4 is 0 Å². The SMILES string of the molecule is CC(=O)N1CC[C@H]2[C@H](C1)C[C@](C)(CO)N2C(=O)C1CCC(F)(F)CC1. The van der Waals surface area contributed by atoms with E-state index in [0.29, 0.717) is 25.9 Å². The second kappa shape index (κ2) is 6.49. The summed E-state index contributed by atoms with van der Waals surface area (Å²) in [5, 5.41) is 9.95. The number of amides is 2. The highest BCUT2D eigenvalue weighted by atomic mass is 19.3. The first-order valence-electron chi connectivity index (χ1n) is 9.24. The van der Waals surface area contributed by atoms with Crippen LogP contribution in [0.25, 0.3) is 0 Å². The predicted octanol–water partition coefficient (Wildman–Crippen LogP) is 2.03. The van der Waals surface area contributed by atoms with E-state index in [9.17, 15) is 23.5 Å². The molecule has 0 bridgehead atoms. The van der Waals surface area contributed by atoms with Crippen LogP contribution in [0.1, 0.15) is 52.4 Å². The molecule has 0 unspecified atom stereocenters. The highest BCUT2D eigenvalue weighted by molar-refractivity contribution is 5.81. The van der Waals surface area contributed by atoms with Crippen molar-refractivity contribution in [1.82, 2.24) is 9.80 Å². The average Bonchev–Trinajstić information content (AvgIpc) is 2.86. The molecular formula is C18H28F2N2O3. The van der Waals surface area contributed by atoms with Gasteiger partial charge in [0.05, 0.1) is 12.1 Å². The summed E-state index contributed by atoms with van der Waals surface area (Å²) >= 11 is 0. The number of nitrogens with zero attached hydrogens (tertiary/aromatic N) is 2. The number of aliphatic hydroxyl groups excluding tert-OH is 1. The van der Waals surface area contributed by atoms with Gasteiger partial charge < -0.3 is 14.9 Å². The van der Waals surface area contributed by atoms with Crippen LogP contribution in [0.2, 0.25) is 0 Å². The summed E-state index contributed by atoms with van der Waals surface area (Å²) in [7, 11) is 0. The lowest BCUT2D eigenvalue weighted by Crippen LogP contribution is -2.56. The van der Waals surface area contributed by atoms with Crippen LogP contribution in [-0.4, -0.2) is 63.9 Å². The number of carbonyl (C=O) groups is 2. The summed E-state index contributed by atoms with van der Waals surface area (Å²) in [6.07, 6.45) is 1.28. The van der Waals surface area contributed by atoms with Crippen LogP contribution in [0, 0.1) is 11.8 Å². The third-order valence-electron chi connectivity index (χ3n) is 6.40. The van der Waals surface area contributed by atoms with Gasteiger partial charge in [-0.25, -0.2) is 8.78 Å². The Labute approximate surface area is 147 Å². The molecule has 142 valence electrons. The third kappa shape index (κ3) is 3.39. The van der Waals surface area contributed by atoms with E-state index in [1.807, 2.05) is 6.92 Å². The number of carbonyl (C=O) groups excluding carboxylic acids is 2. The van der Waals surface area contributed by atoms with E-state index >= 15 is 0 Å². The lowest BCUT2D eigenvalue weighted by atomic mass is 9.85. The molecule has 0 spiro atoms. The lowest BCUT2D eigenvalue weighted by Gasteiger charge is -2.43. The average molecular weight is 358 g/mol. The van der Waals surface area contributed by atoms with Crippen LogP contribution in [-0.2, 0) is 9.59 Å². The Morgan fingerprint density at radius 2 is 1.84 bits per heavy atom. The zero-order valence-corrected chi connectivity index (χ0v) is 15.0. The van der Waals surface area contributed by atoms with Crippen molar-refractivity contribution in [2.24, 2.45) is 11.8 Å². The number of hydrogen-bond acceptors (Lipinski definition) is 3. The third-order valence-corrected chi connectivity index (χ3v) is 6.40. The van der Waals surface area contributed by atoms with E-state index in [4.69, 9.17) is 0 Å². The summed E-state index contributed by atoms with van der Waals surface area (Å²) in [4.78, 5) is 28.4. The molecule has 2 amide bonds. The molecular weight excluding hydrogens is 330 g/mol. The van der Waals surface area contributed by atoms with Crippen molar-refractivity contribution in [1.29, 1.82) is 0 Å². The van der Waals surface area contributed by atoms with E-state index in [-0.39, 0.29) is 62.0 Å². The number of likely N-dealkylation sites (tertiary alicyclic amines) is 2. The molecule has 0 radical (unpaired) electrons. The van der Waals surface area contributed by atoms with E-state index in [2.05, 4.69) is 0 Å². The first kappa shape index (κ1) is 18.5. The Kier molecular flexibility index (Phi) is 4.81. The largest absolute Gasteiger partial charge is 0.394 e. The number of alkyl halides is 2. The molecule has 0 aromatic heterocycles. The summed E-state index contributed by atoms with van der Waals surface area (Å²) in [6.45, 7) is 4.48. The summed E-state index contributed by atoms with van der Waals surface area (Å²) in [6, 6.07) is -0.0114. The quantitative estimate of drug-likeness (QED) is 0.822. The van der Waals surface area contributed by atoms with Gasteiger partial charge in [0.1, 0.15) is 0 Å². The fraction of sp³-hybridized carbons (Fsp3) is 0.889. The smallest absolute Gasteiger partial charge is 0.248 e. The van der Waals surface area contributed by atoms with Gasteiger partial charge in [-0.05, 0) is 38.5 Å². The number of piperidine rings is 1. The molecule has 7 heteroatoms. The van der Waals surface area contributed by atoms with Crippen molar-refractivity contribution in [3.05, 3.63) is 0 Å². The van der Waals surface area contributed by atoms with E-state index in [1.54, 1.807) is 16.7 Å². The molecule has 1 N–H and O–H groups in total. The molecule has 2 saturated heterocycles. The fourth-order valence-corrected chi connectivity index (χ4v) is 4.96. The Bertz CT molecular complexity index is 546.